The van der Waals surface area contributed by atoms with Crippen LogP contribution < -0.4 is 11.1 Å². The molecule has 1 fully saturated rings. The van der Waals surface area contributed by atoms with E-state index >= 15 is 0 Å². The second kappa shape index (κ2) is 7.22. The first-order valence-corrected chi connectivity index (χ1v) is 7.14. The minimum Gasteiger partial charge on any atom is -0.384 e. The molecule has 0 bridgehead atoms. The van der Waals surface area contributed by atoms with Crippen molar-refractivity contribution in [1.29, 1.82) is 0 Å². The molecule has 0 saturated carbocycles. The summed E-state index contributed by atoms with van der Waals surface area (Å²) in [6.07, 6.45) is 3.17. The van der Waals surface area contributed by atoms with Gasteiger partial charge in [-0.15, -0.1) is 0 Å². The number of nitrogens with one attached hydrogen (secondary N) is 1. The average molecular weight is 271 g/mol. The molecule has 0 aromatic carbocycles. The van der Waals surface area contributed by atoms with E-state index in [2.05, 4.69) is 17.1 Å². The molecule has 19 heavy (non-hydrogen) atoms. The second-order valence-corrected chi connectivity index (χ2v) is 5.96. The van der Waals surface area contributed by atoms with E-state index in [-0.39, 0.29) is 5.91 Å². The molecular weight excluding hydrogens is 242 g/mol. The summed E-state index contributed by atoms with van der Waals surface area (Å²) in [5.74, 6) is 0.322. The molecule has 1 heterocycles. The van der Waals surface area contributed by atoms with Crippen molar-refractivity contribution in [1.82, 2.24) is 10.2 Å². The number of carbonyl (C=O) groups is 1. The summed E-state index contributed by atoms with van der Waals surface area (Å²) in [5, 5.41) is 3.06. The Labute approximate surface area is 116 Å². The van der Waals surface area contributed by atoms with Crippen molar-refractivity contribution in [2.45, 2.75) is 44.7 Å². The van der Waals surface area contributed by atoms with Crippen LogP contribution in [0.1, 0.15) is 33.1 Å². The van der Waals surface area contributed by atoms with Gasteiger partial charge in [-0.3, -0.25) is 4.79 Å². The maximum absolute atomic E-state index is 11.6. The monoisotopic (exact) mass is 271 g/mol. The maximum Gasteiger partial charge on any atom is 0.237 e. The van der Waals surface area contributed by atoms with Gasteiger partial charge in [0, 0.05) is 19.7 Å². The normalized spacial score (nSPS) is 25.8. The molecule has 1 saturated heterocycles. The predicted octanol–water partition coefficient (Wildman–Crippen LogP) is 0.587. The molecule has 0 aromatic rings. The van der Waals surface area contributed by atoms with Crippen LogP contribution in [0.3, 0.4) is 0 Å². The van der Waals surface area contributed by atoms with Gasteiger partial charge < -0.3 is 20.7 Å². The van der Waals surface area contributed by atoms with E-state index < -0.39 is 5.54 Å². The zero-order chi connectivity index (χ0) is 14.5. The van der Waals surface area contributed by atoms with Gasteiger partial charge in [0.2, 0.25) is 5.91 Å². The first-order chi connectivity index (χ1) is 8.92. The Morgan fingerprint density at radius 3 is 2.84 bits per heavy atom. The summed E-state index contributed by atoms with van der Waals surface area (Å²) in [6.45, 7) is 7.02. The zero-order valence-corrected chi connectivity index (χ0v) is 12.7. The maximum atomic E-state index is 11.6. The number of nitrogens with two attached hydrogens (primary N) is 1. The SMILES string of the molecule is CNC(C)(CC(C)N1CCCC(COC)C1)C(N)=O. The van der Waals surface area contributed by atoms with E-state index in [1.165, 1.54) is 12.8 Å². The standard InChI is InChI=1S/C14H29N3O2/c1-11(8-14(2,16-3)13(15)18)17-7-5-6-12(9-17)10-19-4/h11-12,16H,5-10H2,1-4H3,(H2,15,18). The molecule has 0 aromatic heterocycles. The summed E-state index contributed by atoms with van der Waals surface area (Å²) >= 11 is 0. The van der Waals surface area contributed by atoms with Gasteiger partial charge >= 0.3 is 0 Å². The van der Waals surface area contributed by atoms with E-state index in [1.807, 2.05) is 6.92 Å². The lowest BCUT2D eigenvalue weighted by molar-refractivity contribution is -0.124. The molecule has 1 aliphatic heterocycles. The van der Waals surface area contributed by atoms with Crippen molar-refractivity contribution in [2.75, 3.05) is 33.9 Å². The molecule has 1 aliphatic rings. The highest BCUT2D eigenvalue weighted by atomic mass is 16.5. The highest BCUT2D eigenvalue weighted by Crippen LogP contribution is 2.22. The third-order valence-electron chi connectivity index (χ3n) is 4.38. The minimum atomic E-state index is -0.631. The number of nitrogens with zero attached hydrogens (tertiary/aromatic N) is 1. The second-order valence-electron chi connectivity index (χ2n) is 5.96. The Hall–Kier alpha value is -0.650. The van der Waals surface area contributed by atoms with Crippen LogP contribution in [0.15, 0.2) is 0 Å². The first kappa shape index (κ1) is 16.4. The number of rotatable bonds is 7. The van der Waals surface area contributed by atoms with Crippen LogP contribution in [0.25, 0.3) is 0 Å². The van der Waals surface area contributed by atoms with Gasteiger partial charge in [-0.1, -0.05) is 0 Å². The molecule has 1 amide bonds. The highest BCUT2D eigenvalue weighted by molar-refractivity contribution is 5.84. The lowest BCUT2D eigenvalue weighted by atomic mass is 9.90. The van der Waals surface area contributed by atoms with Crippen LogP contribution in [0, 0.1) is 5.92 Å². The highest BCUT2D eigenvalue weighted by Gasteiger charge is 2.34. The van der Waals surface area contributed by atoms with Crippen LogP contribution in [0.5, 0.6) is 0 Å². The Morgan fingerprint density at radius 1 is 1.63 bits per heavy atom. The molecule has 3 N–H and O–H groups in total. The lowest BCUT2D eigenvalue weighted by Gasteiger charge is -2.39. The number of carbonyl (C=O) groups excluding carboxylic acids is 1. The van der Waals surface area contributed by atoms with Crippen LogP contribution in [-0.4, -0.2) is 56.2 Å². The quantitative estimate of drug-likeness (QED) is 0.711. The number of ether oxygens (including phenoxy) is 1. The van der Waals surface area contributed by atoms with Crippen LogP contribution >= 0.6 is 0 Å². The fourth-order valence-electron chi connectivity index (χ4n) is 2.92. The van der Waals surface area contributed by atoms with Crippen molar-refractivity contribution in [3.63, 3.8) is 0 Å². The molecule has 1 rings (SSSR count). The Kier molecular flexibility index (Phi) is 6.23. The fourth-order valence-corrected chi connectivity index (χ4v) is 2.92. The number of likely N-dealkylation sites (tertiary alicyclic amines) is 1. The number of primary amides is 1. The van der Waals surface area contributed by atoms with Crippen molar-refractivity contribution in [3.8, 4) is 0 Å². The Bertz CT molecular complexity index is 296. The predicted molar refractivity (Wildman–Crippen MR) is 76.9 cm³/mol. The molecular formula is C14H29N3O2. The van der Waals surface area contributed by atoms with Crippen LogP contribution in [-0.2, 0) is 9.53 Å². The van der Waals surface area contributed by atoms with E-state index in [0.717, 1.165) is 26.1 Å². The third kappa shape index (κ3) is 4.44. The fraction of sp³-hybridized carbons (Fsp3) is 0.929. The molecule has 112 valence electrons. The number of piperidine rings is 1. The summed E-state index contributed by atoms with van der Waals surface area (Å²) in [6, 6.07) is 0.338. The van der Waals surface area contributed by atoms with Gasteiger partial charge in [-0.25, -0.2) is 0 Å². The van der Waals surface area contributed by atoms with Gasteiger partial charge in [-0.2, -0.15) is 0 Å². The summed E-state index contributed by atoms with van der Waals surface area (Å²) < 4.78 is 5.26. The molecule has 5 heteroatoms. The molecule has 5 nitrogen and oxygen atoms in total. The number of hydrogen-bond donors (Lipinski definition) is 2. The van der Waals surface area contributed by atoms with Crippen LogP contribution in [0.4, 0.5) is 0 Å². The largest absolute Gasteiger partial charge is 0.384 e. The van der Waals surface area contributed by atoms with E-state index in [9.17, 15) is 4.79 Å². The van der Waals surface area contributed by atoms with Gasteiger partial charge in [-0.05, 0) is 52.6 Å². The molecule has 3 unspecified atom stereocenters. The van der Waals surface area contributed by atoms with E-state index in [0.29, 0.717) is 12.0 Å². The van der Waals surface area contributed by atoms with Crippen molar-refractivity contribution in [2.24, 2.45) is 11.7 Å². The van der Waals surface area contributed by atoms with Gasteiger partial charge in [0.1, 0.15) is 0 Å². The minimum absolute atomic E-state index is 0.285. The first-order valence-electron chi connectivity index (χ1n) is 7.14. The van der Waals surface area contributed by atoms with Gasteiger partial charge in [0.25, 0.3) is 0 Å². The van der Waals surface area contributed by atoms with Gasteiger partial charge in [0.05, 0.1) is 12.1 Å². The van der Waals surface area contributed by atoms with Crippen LogP contribution in [0.2, 0.25) is 0 Å². The lowest BCUT2D eigenvalue weighted by Crippen LogP contribution is -2.56. The third-order valence-corrected chi connectivity index (χ3v) is 4.38. The van der Waals surface area contributed by atoms with Gasteiger partial charge in [0.15, 0.2) is 0 Å². The molecule has 0 spiro atoms. The van der Waals surface area contributed by atoms with Crippen molar-refractivity contribution >= 4 is 5.91 Å². The van der Waals surface area contributed by atoms with E-state index in [4.69, 9.17) is 10.5 Å². The number of hydrogen-bond acceptors (Lipinski definition) is 4. The van der Waals surface area contributed by atoms with Crippen molar-refractivity contribution < 1.29 is 9.53 Å². The smallest absolute Gasteiger partial charge is 0.237 e. The number of amides is 1. The molecule has 0 aliphatic carbocycles. The summed E-state index contributed by atoms with van der Waals surface area (Å²) in [5.41, 5.74) is 4.86. The number of methoxy groups -OCH3 is 1. The molecule has 0 radical (unpaired) electrons. The topological polar surface area (TPSA) is 67.6 Å². The summed E-state index contributed by atoms with van der Waals surface area (Å²) in [4.78, 5) is 14.0. The summed E-state index contributed by atoms with van der Waals surface area (Å²) in [7, 11) is 3.55. The molecule has 3 atom stereocenters. The average Bonchev–Trinajstić information content (AvgIpc) is 2.39. The van der Waals surface area contributed by atoms with Crippen molar-refractivity contribution in [3.05, 3.63) is 0 Å². The number of likely N-dealkylation sites (N-methyl/N-ethyl adjacent to an activating group) is 1. The zero-order valence-electron chi connectivity index (χ0n) is 12.7. The van der Waals surface area contributed by atoms with E-state index in [1.54, 1.807) is 14.2 Å². The Morgan fingerprint density at radius 2 is 2.32 bits per heavy atom. The Balaban J connectivity index is 2.57.